The predicted molar refractivity (Wildman–Crippen MR) is 125 cm³/mol. The molecule has 0 aliphatic heterocycles. The Labute approximate surface area is 203 Å². The Morgan fingerprint density at radius 1 is 0.939 bits per heavy atom. The number of benzene rings is 3. The Hall–Kier alpha value is -3.44. The van der Waals surface area contributed by atoms with Gasteiger partial charge in [-0.05, 0) is 12.1 Å². The van der Waals surface area contributed by atoms with Crippen molar-refractivity contribution < 1.29 is 30.8 Å². The average Bonchev–Trinajstić information content (AvgIpc) is 3.44. The number of Topliss-reactive ketones (excluding diaryl/α,β-unsaturated/α-hetero) is 1. The lowest BCUT2D eigenvalue weighted by Gasteiger charge is -2.14. The van der Waals surface area contributed by atoms with Crippen LogP contribution >= 0.6 is 0 Å². The Balaban J connectivity index is 0.00000259. The summed E-state index contributed by atoms with van der Waals surface area (Å²) in [6.45, 7) is 2.43. The van der Waals surface area contributed by atoms with Crippen molar-refractivity contribution >= 4 is 16.8 Å². The highest BCUT2D eigenvalue weighted by Crippen LogP contribution is 2.32. The van der Waals surface area contributed by atoms with Crippen LogP contribution in [0.1, 0.15) is 40.5 Å². The van der Waals surface area contributed by atoms with Crippen molar-refractivity contribution in [3.63, 3.8) is 0 Å². The zero-order valence-corrected chi connectivity index (χ0v) is 20.0. The van der Waals surface area contributed by atoms with Gasteiger partial charge in [-0.15, -0.1) is 0 Å². The van der Waals surface area contributed by atoms with E-state index in [0.717, 1.165) is 40.1 Å². The van der Waals surface area contributed by atoms with E-state index in [1.807, 2.05) is 77.5 Å². The molecule has 0 saturated heterocycles. The molecule has 166 valence electrons. The van der Waals surface area contributed by atoms with Gasteiger partial charge in [0.05, 0.1) is 0 Å². The van der Waals surface area contributed by atoms with Crippen molar-refractivity contribution in [1.82, 2.24) is 4.57 Å². The van der Waals surface area contributed by atoms with Gasteiger partial charge in [-0.1, -0.05) is 85.8 Å². The topological polar surface area (TPSA) is 39.0 Å². The first-order valence-corrected chi connectivity index (χ1v) is 11.0. The fourth-order valence-corrected chi connectivity index (χ4v) is 4.34. The quantitative estimate of drug-likeness (QED) is 0.254. The van der Waals surface area contributed by atoms with Crippen LogP contribution in [0, 0.1) is 0 Å². The first kappa shape index (κ1) is 22.7. The Morgan fingerprint density at radius 2 is 1.61 bits per heavy atom. The van der Waals surface area contributed by atoms with Crippen molar-refractivity contribution in [2.75, 3.05) is 0 Å². The van der Waals surface area contributed by atoms with Crippen molar-refractivity contribution in [3.05, 3.63) is 126 Å². The molecule has 0 saturated carbocycles. The Kier molecular flexibility index (Phi) is 6.90. The van der Waals surface area contributed by atoms with Crippen LogP contribution in [0.4, 0.5) is 0 Å². The maximum atomic E-state index is 12.9. The molecule has 1 atom stereocenters. The second-order valence-electron chi connectivity index (χ2n) is 7.89. The number of nitrogens with zero attached hydrogens (tertiary/aromatic N) is 2. The zero-order chi connectivity index (χ0) is 21.9. The standard InChI is InChI=1S/C28H25N2O2.BrH/c1-2-27-29(20-24(31)21-11-5-3-6-12-21)17-18-30(27)28(22-13-7-4-8-14-22)26-19-23-15-9-10-16-25(23)32-26;/h3-19,28H,2,20H2,1H3;1H/q+1;/p-1. The molecule has 0 aliphatic carbocycles. The van der Waals surface area contributed by atoms with Gasteiger partial charge in [-0.2, -0.15) is 0 Å². The number of fused-ring (bicyclic) bond motifs is 1. The molecule has 0 amide bonds. The first-order valence-electron chi connectivity index (χ1n) is 11.0. The van der Waals surface area contributed by atoms with Crippen LogP contribution in [-0.2, 0) is 13.0 Å². The minimum Gasteiger partial charge on any atom is -1.00 e. The summed E-state index contributed by atoms with van der Waals surface area (Å²) in [5, 5.41) is 1.08. The highest BCUT2D eigenvalue weighted by molar-refractivity contribution is 5.94. The molecule has 2 heterocycles. The van der Waals surface area contributed by atoms with E-state index < -0.39 is 0 Å². The molecule has 4 nitrogen and oxygen atoms in total. The van der Waals surface area contributed by atoms with Crippen molar-refractivity contribution in [3.8, 4) is 0 Å². The van der Waals surface area contributed by atoms with E-state index in [2.05, 4.69) is 42.0 Å². The zero-order valence-electron chi connectivity index (χ0n) is 18.4. The third kappa shape index (κ3) is 4.55. The number of furan rings is 1. The van der Waals surface area contributed by atoms with E-state index in [1.54, 1.807) is 0 Å². The van der Waals surface area contributed by atoms with E-state index in [0.29, 0.717) is 6.54 Å². The fourth-order valence-electron chi connectivity index (χ4n) is 4.34. The molecular weight excluding hydrogens is 476 g/mol. The molecule has 0 N–H and O–H groups in total. The number of imidazole rings is 1. The number of hydrogen-bond acceptors (Lipinski definition) is 2. The summed E-state index contributed by atoms with van der Waals surface area (Å²) in [6.07, 6.45) is 4.85. The smallest absolute Gasteiger partial charge is 0.257 e. The maximum absolute atomic E-state index is 12.9. The highest BCUT2D eigenvalue weighted by Gasteiger charge is 2.30. The average molecular weight is 501 g/mol. The number of carbonyl (C=O) groups excluding carboxylic acids is 1. The number of hydrogen-bond donors (Lipinski definition) is 0. The van der Waals surface area contributed by atoms with Gasteiger partial charge in [0.15, 0.2) is 18.3 Å². The SMILES string of the molecule is CCc1n(C(c2ccccc2)c2cc3ccccc3o2)cc[n+]1CC(=O)c1ccccc1.[Br-]. The molecule has 0 fully saturated rings. The molecule has 5 rings (SSSR count). The van der Waals surface area contributed by atoms with Gasteiger partial charge >= 0.3 is 0 Å². The predicted octanol–water partition coefficient (Wildman–Crippen LogP) is 2.61. The van der Waals surface area contributed by atoms with Gasteiger partial charge in [0.2, 0.25) is 5.78 Å². The summed E-state index contributed by atoms with van der Waals surface area (Å²) in [4.78, 5) is 12.9. The Bertz CT molecular complexity index is 1320. The van der Waals surface area contributed by atoms with Crippen LogP contribution in [-0.4, -0.2) is 10.4 Å². The van der Waals surface area contributed by atoms with Crippen molar-refractivity contribution in [2.45, 2.75) is 25.9 Å². The van der Waals surface area contributed by atoms with Gasteiger partial charge in [0, 0.05) is 22.9 Å². The maximum Gasteiger partial charge on any atom is 0.257 e. The minimum absolute atomic E-state index is 0. The molecule has 1 unspecified atom stereocenters. The summed E-state index contributed by atoms with van der Waals surface area (Å²) in [5.74, 6) is 2.05. The second kappa shape index (κ2) is 10.0. The second-order valence-corrected chi connectivity index (χ2v) is 7.89. The number of aromatic nitrogens is 2. The molecule has 5 heteroatoms. The van der Waals surface area contributed by atoms with Crippen LogP contribution in [0.15, 0.2) is 108 Å². The highest BCUT2D eigenvalue weighted by atomic mass is 79.9. The van der Waals surface area contributed by atoms with Crippen molar-refractivity contribution in [2.24, 2.45) is 0 Å². The number of halogens is 1. The molecule has 5 aromatic rings. The molecule has 2 aromatic heterocycles. The first-order chi connectivity index (χ1) is 15.7. The van der Waals surface area contributed by atoms with E-state index in [-0.39, 0.29) is 28.8 Å². The summed E-state index contributed by atoms with van der Waals surface area (Å²) in [6, 6.07) is 29.9. The molecule has 0 radical (unpaired) electrons. The molecule has 0 bridgehead atoms. The van der Waals surface area contributed by atoms with Crippen LogP contribution < -0.4 is 21.5 Å². The lowest BCUT2D eigenvalue weighted by molar-refractivity contribution is -0.690. The third-order valence-electron chi connectivity index (χ3n) is 5.87. The summed E-state index contributed by atoms with van der Waals surface area (Å²) < 4.78 is 10.6. The van der Waals surface area contributed by atoms with Crippen LogP contribution in [0.5, 0.6) is 0 Å². The lowest BCUT2D eigenvalue weighted by Crippen LogP contribution is -3.00. The summed E-state index contributed by atoms with van der Waals surface area (Å²) in [7, 11) is 0. The fraction of sp³-hybridized carbons (Fsp3) is 0.143. The lowest BCUT2D eigenvalue weighted by atomic mass is 10.0. The molecule has 3 aromatic carbocycles. The number of rotatable bonds is 7. The van der Waals surface area contributed by atoms with Gasteiger partial charge in [-0.3, -0.25) is 4.79 Å². The number of carbonyl (C=O) groups is 1. The normalized spacial score (nSPS) is 11.8. The molecule has 0 spiro atoms. The molecular formula is C28H25BrN2O2. The summed E-state index contributed by atoms with van der Waals surface area (Å²) >= 11 is 0. The largest absolute Gasteiger partial charge is 1.00 e. The third-order valence-corrected chi connectivity index (χ3v) is 5.87. The minimum atomic E-state index is -0.119. The van der Waals surface area contributed by atoms with Gasteiger partial charge in [0.1, 0.15) is 18.0 Å². The van der Waals surface area contributed by atoms with E-state index >= 15 is 0 Å². The monoisotopic (exact) mass is 500 g/mol. The van der Waals surface area contributed by atoms with Gasteiger partial charge < -0.3 is 21.4 Å². The van der Waals surface area contributed by atoms with Crippen molar-refractivity contribution in [1.29, 1.82) is 0 Å². The summed E-state index contributed by atoms with van der Waals surface area (Å²) in [5.41, 5.74) is 2.74. The van der Waals surface area contributed by atoms with Gasteiger partial charge in [-0.25, -0.2) is 9.13 Å². The number of para-hydroxylation sites is 1. The molecule has 0 aliphatic rings. The Morgan fingerprint density at radius 3 is 2.30 bits per heavy atom. The van der Waals surface area contributed by atoms with E-state index in [1.165, 1.54) is 0 Å². The van der Waals surface area contributed by atoms with Crippen LogP contribution in [0.3, 0.4) is 0 Å². The van der Waals surface area contributed by atoms with Gasteiger partial charge in [0.25, 0.3) is 5.82 Å². The van der Waals surface area contributed by atoms with Crippen LogP contribution in [0.25, 0.3) is 11.0 Å². The molecule has 33 heavy (non-hydrogen) atoms. The van der Waals surface area contributed by atoms with E-state index in [4.69, 9.17) is 4.42 Å². The van der Waals surface area contributed by atoms with Crippen LogP contribution in [0.2, 0.25) is 0 Å². The van der Waals surface area contributed by atoms with E-state index in [9.17, 15) is 4.79 Å². The number of ketones is 1.